The van der Waals surface area contributed by atoms with Crippen LogP contribution in [0.2, 0.25) is 0 Å². The number of ether oxygens (including phenoxy) is 1. The van der Waals surface area contributed by atoms with E-state index in [1.165, 1.54) is 0 Å². The zero-order valence-corrected chi connectivity index (χ0v) is 17.2. The van der Waals surface area contributed by atoms with Gasteiger partial charge in [0, 0.05) is 23.3 Å². The Morgan fingerprint density at radius 3 is 2.74 bits per heavy atom. The highest BCUT2D eigenvalue weighted by molar-refractivity contribution is 5.88. The van der Waals surface area contributed by atoms with E-state index in [9.17, 15) is 10.4 Å². The number of nitrogens with zero attached hydrogens (tertiary/aromatic N) is 3. The van der Waals surface area contributed by atoms with Crippen LogP contribution in [0.25, 0.3) is 16.6 Å². The highest BCUT2D eigenvalue weighted by Crippen LogP contribution is 2.38. The minimum atomic E-state index is -0.119. The lowest BCUT2D eigenvalue weighted by Gasteiger charge is -2.14. The average Bonchev–Trinajstić information content (AvgIpc) is 3.07. The van der Waals surface area contributed by atoms with Gasteiger partial charge in [-0.05, 0) is 47.9 Å². The summed E-state index contributed by atoms with van der Waals surface area (Å²) in [6.07, 6.45) is 0. The smallest absolute Gasteiger partial charge is 0.136 e. The molecular formula is C26H21N3O2. The van der Waals surface area contributed by atoms with Crippen LogP contribution < -0.4 is 4.74 Å². The third-order valence-electron chi connectivity index (χ3n) is 5.74. The van der Waals surface area contributed by atoms with Gasteiger partial charge in [-0.2, -0.15) is 5.26 Å². The second-order valence-corrected chi connectivity index (χ2v) is 7.65. The molecule has 5 nitrogen and oxygen atoms in total. The fourth-order valence-electron chi connectivity index (χ4n) is 4.27. The fourth-order valence-corrected chi connectivity index (χ4v) is 4.27. The largest absolute Gasteiger partial charge is 0.488 e. The Bertz CT molecular complexity index is 1380. The van der Waals surface area contributed by atoms with E-state index >= 15 is 0 Å². The Hall–Kier alpha value is -3.88. The second-order valence-electron chi connectivity index (χ2n) is 7.65. The predicted octanol–water partition coefficient (Wildman–Crippen LogP) is 4.81. The van der Waals surface area contributed by atoms with Crippen LogP contribution in [-0.4, -0.2) is 14.7 Å². The maximum Gasteiger partial charge on any atom is 0.136 e. The molecule has 31 heavy (non-hydrogen) atoms. The molecule has 0 amide bonds. The van der Waals surface area contributed by atoms with Gasteiger partial charge in [0.2, 0.25) is 0 Å². The molecule has 2 heterocycles. The normalized spacial score (nSPS) is 14.2. The minimum absolute atomic E-state index is 0.119. The summed E-state index contributed by atoms with van der Waals surface area (Å²) in [6, 6.07) is 24.3. The molecule has 0 fully saturated rings. The summed E-state index contributed by atoms with van der Waals surface area (Å²) in [5.41, 5.74) is 7.52. The highest BCUT2D eigenvalue weighted by atomic mass is 16.5. The number of imidazole rings is 1. The van der Waals surface area contributed by atoms with Crippen LogP contribution in [0.5, 0.6) is 5.75 Å². The summed E-state index contributed by atoms with van der Waals surface area (Å²) >= 11 is 0. The van der Waals surface area contributed by atoms with E-state index in [4.69, 9.17) is 4.74 Å². The van der Waals surface area contributed by atoms with Gasteiger partial charge in [-0.3, -0.25) is 0 Å². The zero-order valence-electron chi connectivity index (χ0n) is 17.2. The number of rotatable bonds is 3. The lowest BCUT2D eigenvalue weighted by atomic mass is 9.90. The summed E-state index contributed by atoms with van der Waals surface area (Å²) in [5, 5.41) is 19.4. The van der Waals surface area contributed by atoms with Crippen molar-refractivity contribution < 1.29 is 9.84 Å². The first-order chi connectivity index (χ1) is 15.2. The van der Waals surface area contributed by atoms with Gasteiger partial charge in [0.05, 0.1) is 17.1 Å². The second kappa shape index (κ2) is 7.75. The zero-order chi connectivity index (χ0) is 21.4. The van der Waals surface area contributed by atoms with Gasteiger partial charge in [0.15, 0.2) is 0 Å². The number of nitriles is 1. The quantitative estimate of drug-likeness (QED) is 0.495. The Labute approximate surface area is 180 Å². The molecule has 1 N–H and O–H groups in total. The highest BCUT2D eigenvalue weighted by Gasteiger charge is 2.21. The Morgan fingerprint density at radius 2 is 1.90 bits per heavy atom. The van der Waals surface area contributed by atoms with E-state index in [1.54, 1.807) is 0 Å². The van der Waals surface area contributed by atoms with Crippen LogP contribution >= 0.6 is 0 Å². The van der Waals surface area contributed by atoms with E-state index in [2.05, 4.69) is 29.3 Å². The molecule has 0 aliphatic carbocycles. The van der Waals surface area contributed by atoms with Gasteiger partial charge in [-0.1, -0.05) is 42.5 Å². The van der Waals surface area contributed by atoms with Crippen molar-refractivity contribution in [1.29, 1.82) is 5.26 Å². The van der Waals surface area contributed by atoms with Gasteiger partial charge in [0.25, 0.3) is 0 Å². The van der Waals surface area contributed by atoms with Crippen molar-refractivity contribution in [2.75, 3.05) is 0 Å². The number of hydrogen-bond acceptors (Lipinski definition) is 4. The van der Waals surface area contributed by atoms with Crippen molar-refractivity contribution in [1.82, 2.24) is 9.55 Å². The Kier molecular flexibility index (Phi) is 4.78. The van der Waals surface area contributed by atoms with E-state index in [1.807, 2.05) is 60.0 Å². The Balaban J connectivity index is 1.61. The molecule has 0 spiro atoms. The summed E-state index contributed by atoms with van der Waals surface area (Å²) in [7, 11) is 0. The van der Waals surface area contributed by atoms with Crippen molar-refractivity contribution >= 4 is 16.6 Å². The van der Waals surface area contributed by atoms with Gasteiger partial charge >= 0.3 is 0 Å². The third kappa shape index (κ3) is 3.27. The number of benzene rings is 3. The molecule has 0 saturated carbocycles. The maximum absolute atomic E-state index is 9.81. The number of aliphatic hydroxyl groups excluding tert-OH is 1. The van der Waals surface area contributed by atoms with Crippen LogP contribution in [0.1, 0.15) is 35.0 Å². The first kappa shape index (κ1) is 19.1. The molecular weight excluding hydrogens is 386 g/mol. The maximum atomic E-state index is 9.81. The molecule has 1 aliphatic heterocycles. The average molecular weight is 407 g/mol. The molecule has 0 unspecified atom stereocenters. The number of fused-ring (bicyclic) bond motifs is 3. The van der Waals surface area contributed by atoms with Crippen LogP contribution in [0.3, 0.4) is 0 Å². The molecule has 0 bridgehead atoms. The van der Waals surface area contributed by atoms with Gasteiger partial charge in [0.1, 0.15) is 24.8 Å². The van der Waals surface area contributed by atoms with E-state index in [0.717, 1.165) is 44.6 Å². The Morgan fingerprint density at radius 1 is 1.10 bits per heavy atom. The lowest BCUT2D eigenvalue weighted by molar-refractivity contribution is 0.267. The number of allylic oxidation sites excluding steroid dienone is 1. The minimum Gasteiger partial charge on any atom is -0.488 e. The van der Waals surface area contributed by atoms with Crippen LogP contribution in [-0.2, 0) is 19.8 Å². The first-order valence-electron chi connectivity index (χ1n) is 10.2. The molecule has 5 heteroatoms. The predicted molar refractivity (Wildman–Crippen MR) is 119 cm³/mol. The molecule has 152 valence electrons. The molecule has 0 saturated heterocycles. The van der Waals surface area contributed by atoms with Crippen molar-refractivity contribution in [3.8, 4) is 11.8 Å². The van der Waals surface area contributed by atoms with E-state index in [0.29, 0.717) is 24.5 Å². The number of aromatic nitrogens is 2. The third-order valence-corrected chi connectivity index (χ3v) is 5.74. The van der Waals surface area contributed by atoms with Crippen LogP contribution in [0.4, 0.5) is 0 Å². The lowest BCUT2D eigenvalue weighted by Crippen LogP contribution is -2.06. The standard InChI is InChI=1S/C26H21N3O2/c1-17(13-27)26-20-11-10-18(12-19(20)16-31-24-9-5-2-6-21(24)26)14-29-23-8-4-3-7-22(23)28-25(29)15-30/h2-12,30H,14-16H2,1H3/b26-17+. The summed E-state index contributed by atoms with van der Waals surface area (Å²) in [5.74, 6) is 1.42. The number of aliphatic hydroxyl groups is 1. The van der Waals surface area contributed by atoms with Crippen molar-refractivity contribution in [3.63, 3.8) is 0 Å². The van der Waals surface area contributed by atoms with Gasteiger partial charge in [-0.15, -0.1) is 0 Å². The van der Waals surface area contributed by atoms with Crippen molar-refractivity contribution in [2.45, 2.75) is 26.7 Å². The molecule has 1 aliphatic rings. The number of hydrogen-bond donors (Lipinski definition) is 1. The van der Waals surface area contributed by atoms with Crippen molar-refractivity contribution in [2.24, 2.45) is 0 Å². The fraction of sp³-hybridized carbons (Fsp3) is 0.154. The van der Waals surface area contributed by atoms with E-state index < -0.39 is 0 Å². The molecule has 4 aromatic rings. The SMILES string of the molecule is C/C(C#N)=C1/c2ccc(Cn3c(CO)nc4ccccc43)cc2COc2ccccc21. The summed E-state index contributed by atoms with van der Waals surface area (Å²) in [6.45, 7) is 2.75. The van der Waals surface area contributed by atoms with Crippen LogP contribution in [0.15, 0.2) is 72.3 Å². The monoisotopic (exact) mass is 407 g/mol. The molecule has 3 aromatic carbocycles. The van der Waals surface area contributed by atoms with Gasteiger partial charge < -0.3 is 14.4 Å². The van der Waals surface area contributed by atoms with Crippen LogP contribution in [0, 0.1) is 11.3 Å². The van der Waals surface area contributed by atoms with Gasteiger partial charge in [-0.25, -0.2) is 4.98 Å². The molecule has 5 rings (SSSR count). The molecule has 0 radical (unpaired) electrons. The molecule has 1 aromatic heterocycles. The summed E-state index contributed by atoms with van der Waals surface area (Å²) in [4.78, 5) is 4.55. The van der Waals surface area contributed by atoms with Crippen molar-refractivity contribution in [3.05, 3.63) is 100 Å². The van der Waals surface area contributed by atoms with E-state index in [-0.39, 0.29) is 6.61 Å². The molecule has 0 atom stereocenters. The summed E-state index contributed by atoms with van der Waals surface area (Å²) < 4.78 is 8.14. The number of para-hydroxylation sites is 3. The topological polar surface area (TPSA) is 71.1 Å². The first-order valence-corrected chi connectivity index (χ1v) is 10.2.